The van der Waals surface area contributed by atoms with E-state index in [1.807, 2.05) is 6.26 Å². The Bertz CT molecular complexity index is 947. The lowest BCUT2D eigenvalue weighted by atomic mass is 9.89. The summed E-state index contributed by atoms with van der Waals surface area (Å²) in [4.78, 5) is 12.9. The summed E-state index contributed by atoms with van der Waals surface area (Å²) in [6, 6.07) is 1.43. The number of aromatic nitrogens is 1. The maximum atomic E-state index is 13.2. The summed E-state index contributed by atoms with van der Waals surface area (Å²) < 4.78 is 37.1. The smallest absolute Gasteiger partial charge is 0.247 e. The summed E-state index contributed by atoms with van der Waals surface area (Å²) in [5.74, 6) is -1.06. The normalized spacial score (nSPS) is 16.7. The molecule has 3 N–H and O–H groups in total. The number of nitrogens with one attached hydrogen (secondary N) is 3. The summed E-state index contributed by atoms with van der Waals surface area (Å²) >= 11 is 1.59. The number of amides is 1. The highest BCUT2D eigenvalue weighted by atomic mass is 32.2. The number of carbonyl (C=O) groups is 1. The van der Waals surface area contributed by atoms with Crippen LogP contribution in [0.15, 0.2) is 10.6 Å². The molecular formula is C19H31N5O5S2. The van der Waals surface area contributed by atoms with Gasteiger partial charge in [-0.2, -0.15) is 0 Å². The maximum Gasteiger partial charge on any atom is 0.247 e. The molecule has 10 nitrogen and oxygen atoms in total. The van der Waals surface area contributed by atoms with Gasteiger partial charge in [0.2, 0.25) is 17.7 Å². The molecule has 1 aliphatic heterocycles. The molecule has 1 aliphatic rings. The second-order valence-electron chi connectivity index (χ2n) is 8.51. The van der Waals surface area contributed by atoms with Crippen LogP contribution in [0.5, 0.6) is 0 Å². The molecule has 0 aliphatic carbocycles. The SMILES string of the molecule is CSN1CCC(S(=O)(=O)C(C)(C)C(=O)Nc2cc(C(C)(C)C(=N)OC(C)=N)no2)CC1. The minimum Gasteiger partial charge on any atom is -0.429 e. The zero-order valence-corrected chi connectivity index (χ0v) is 20.4. The van der Waals surface area contributed by atoms with Crippen molar-refractivity contribution < 1.29 is 22.5 Å². The van der Waals surface area contributed by atoms with Crippen LogP contribution in [0, 0.1) is 10.8 Å². The van der Waals surface area contributed by atoms with Gasteiger partial charge in [0.1, 0.15) is 10.4 Å². The summed E-state index contributed by atoms with van der Waals surface area (Å²) in [5.41, 5.74) is -0.707. The van der Waals surface area contributed by atoms with Crippen molar-refractivity contribution in [1.82, 2.24) is 9.46 Å². The van der Waals surface area contributed by atoms with E-state index in [0.29, 0.717) is 31.6 Å². The first-order chi connectivity index (χ1) is 14.2. The minimum absolute atomic E-state index is 0.0204. The Morgan fingerprint density at radius 2 is 1.87 bits per heavy atom. The molecule has 12 heteroatoms. The highest BCUT2D eigenvalue weighted by Gasteiger charge is 2.47. The lowest BCUT2D eigenvalue weighted by Gasteiger charge is -2.34. The molecule has 2 rings (SSSR count). The van der Waals surface area contributed by atoms with Crippen molar-refractivity contribution in [1.29, 1.82) is 10.8 Å². The Morgan fingerprint density at radius 3 is 2.39 bits per heavy atom. The van der Waals surface area contributed by atoms with Gasteiger partial charge in [-0.1, -0.05) is 17.1 Å². The molecule has 1 amide bonds. The first-order valence-corrected chi connectivity index (χ1v) is 12.6. The Kier molecular flexibility index (Phi) is 7.59. The molecule has 0 bridgehead atoms. The van der Waals surface area contributed by atoms with Crippen LogP contribution in [-0.2, 0) is 24.8 Å². The number of hydrogen-bond acceptors (Lipinski definition) is 10. The highest BCUT2D eigenvalue weighted by Crippen LogP contribution is 2.31. The third-order valence-corrected chi connectivity index (χ3v) is 9.40. The quantitative estimate of drug-likeness (QED) is 0.311. The lowest BCUT2D eigenvalue weighted by Crippen LogP contribution is -2.51. The largest absolute Gasteiger partial charge is 0.429 e. The van der Waals surface area contributed by atoms with Crippen LogP contribution >= 0.6 is 11.9 Å². The molecule has 1 aromatic rings. The van der Waals surface area contributed by atoms with E-state index in [0.717, 1.165) is 0 Å². The number of ether oxygens (including phenoxy) is 1. The Morgan fingerprint density at radius 1 is 1.29 bits per heavy atom. The van der Waals surface area contributed by atoms with E-state index in [1.165, 1.54) is 26.8 Å². The fourth-order valence-electron chi connectivity index (χ4n) is 3.16. The van der Waals surface area contributed by atoms with Crippen LogP contribution in [-0.4, -0.2) is 64.9 Å². The van der Waals surface area contributed by atoms with Crippen molar-refractivity contribution in [3.63, 3.8) is 0 Å². The first-order valence-electron chi connectivity index (χ1n) is 9.86. The topological polar surface area (TPSA) is 149 Å². The summed E-state index contributed by atoms with van der Waals surface area (Å²) in [6.07, 6.45) is 2.92. The highest BCUT2D eigenvalue weighted by molar-refractivity contribution is 7.96. The lowest BCUT2D eigenvalue weighted by molar-refractivity contribution is -0.118. The van der Waals surface area contributed by atoms with Gasteiger partial charge in [-0.15, -0.1) is 0 Å². The number of anilines is 1. The first kappa shape index (κ1) is 25.3. The standard InChI is InChI=1S/C19H31N5O5S2/c1-12(20)28-16(21)18(2,3)14-11-15(29-23-14)22-17(25)19(4,5)31(26,27)13-7-9-24(30-6)10-8-13/h11,13,20-21H,7-10H2,1-6H3,(H,22,25). The zero-order chi connectivity index (χ0) is 23.6. The molecule has 31 heavy (non-hydrogen) atoms. The van der Waals surface area contributed by atoms with Crippen molar-refractivity contribution in [2.45, 2.75) is 62.9 Å². The van der Waals surface area contributed by atoms with Gasteiger partial charge in [0.25, 0.3) is 0 Å². The van der Waals surface area contributed by atoms with E-state index in [2.05, 4.69) is 14.8 Å². The molecule has 0 atom stereocenters. The van der Waals surface area contributed by atoms with Gasteiger partial charge in [-0.3, -0.25) is 25.2 Å². The zero-order valence-electron chi connectivity index (χ0n) is 18.7. The summed E-state index contributed by atoms with van der Waals surface area (Å²) in [7, 11) is -3.75. The molecule has 0 radical (unpaired) electrons. The van der Waals surface area contributed by atoms with Crippen molar-refractivity contribution >= 4 is 45.4 Å². The van der Waals surface area contributed by atoms with E-state index in [4.69, 9.17) is 20.1 Å². The second-order valence-corrected chi connectivity index (χ2v) is 12.2. The molecule has 0 aromatic carbocycles. The van der Waals surface area contributed by atoms with Gasteiger partial charge >= 0.3 is 0 Å². The van der Waals surface area contributed by atoms with Gasteiger partial charge in [-0.05, 0) is 46.8 Å². The van der Waals surface area contributed by atoms with Crippen LogP contribution in [0.4, 0.5) is 5.88 Å². The van der Waals surface area contributed by atoms with Crippen LogP contribution in [0.3, 0.4) is 0 Å². The molecule has 1 fully saturated rings. The predicted molar refractivity (Wildman–Crippen MR) is 121 cm³/mol. The Balaban J connectivity index is 2.14. The van der Waals surface area contributed by atoms with E-state index in [-0.39, 0.29) is 17.7 Å². The van der Waals surface area contributed by atoms with Gasteiger partial charge in [-0.25, -0.2) is 8.42 Å². The second kappa shape index (κ2) is 9.29. The molecule has 0 unspecified atom stereocenters. The molecule has 1 aromatic heterocycles. The molecule has 174 valence electrons. The summed E-state index contributed by atoms with van der Waals surface area (Å²) in [5, 5.41) is 21.2. The third-order valence-electron chi connectivity index (χ3n) is 5.57. The maximum absolute atomic E-state index is 13.2. The van der Waals surface area contributed by atoms with Gasteiger partial charge in [0.05, 0.1) is 10.7 Å². The number of sulfone groups is 1. The number of rotatable bonds is 7. The predicted octanol–water partition coefficient (Wildman–Crippen LogP) is 2.82. The van der Waals surface area contributed by atoms with Crippen molar-refractivity contribution in [3.8, 4) is 0 Å². The van der Waals surface area contributed by atoms with Crippen molar-refractivity contribution in [2.75, 3.05) is 24.7 Å². The number of hydrogen-bond donors (Lipinski definition) is 3. The number of piperidine rings is 1. The molecule has 0 saturated carbocycles. The van der Waals surface area contributed by atoms with Crippen molar-refractivity contribution in [2.24, 2.45) is 0 Å². The number of carbonyl (C=O) groups excluding carboxylic acids is 1. The van der Waals surface area contributed by atoms with Gasteiger partial charge in [0, 0.05) is 26.1 Å². The molecule has 2 heterocycles. The van der Waals surface area contributed by atoms with E-state index in [9.17, 15) is 13.2 Å². The average Bonchev–Trinajstić information content (AvgIpc) is 3.16. The van der Waals surface area contributed by atoms with E-state index < -0.39 is 31.2 Å². The number of nitrogens with zero attached hydrogens (tertiary/aromatic N) is 2. The van der Waals surface area contributed by atoms with Gasteiger partial charge in [0.15, 0.2) is 15.7 Å². The van der Waals surface area contributed by atoms with Crippen LogP contribution in [0.25, 0.3) is 0 Å². The summed E-state index contributed by atoms with van der Waals surface area (Å²) in [6.45, 7) is 8.85. The van der Waals surface area contributed by atoms with Gasteiger partial charge < -0.3 is 9.26 Å². The van der Waals surface area contributed by atoms with E-state index >= 15 is 0 Å². The Labute approximate surface area is 187 Å². The Hall–Kier alpha value is -1.92. The fraction of sp³-hybridized carbons (Fsp3) is 0.684. The average molecular weight is 474 g/mol. The van der Waals surface area contributed by atoms with Crippen LogP contribution in [0.2, 0.25) is 0 Å². The fourth-order valence-corrected chi connectivity index (χ4v) is 5.71. The van der Waals surface area contributed by atoms with Crippen LogP contribution in [0.1, 0.15) is 53.2 Å². The minimum atomic E-state index is -3.75. The molecule has 0 spiro atoms. The third kappa shape index (κ3) is 5.29. The molecular weight excluding hydrogens is 442 g/mol. The van der Waals surface area contributed by atoms with Crippen LogP contribution < -0.4 is 5.32 Å². The van der Waals surface area contributed by atoms with Crippen molar-refractivity contribution in [3.05, 3.63) is 11.8 Å². The van der Waals surface area contributed by atoms with E-state index in [1.54, 1.807) is 25.8 Å². The monoisotopic (exact) mass is 473 g/mol. The molecule has 1 saturated heterocycles.